The van der Waals surface area contributed by atoms with Crippen molar-refractivity contribution in [2.75, 3.05) is 6.26 Å². The first-order valence-corrected chi connectivity index (χ1v) is 9.06. The Labute approximate surface area is 134 Å². The smallest absolute Gasteiger partial charge is 0.151 e. The molecule has 0 N–H and O–H groups in total. The minimum Gasteiger partial charge on any atom is -0.325 e. The highest BCUT2D eigenvalue weighted by atomic mass is 35.5. The summed E-state index contributed by atoms with van der Waals surface area (Å²) in [7, 11) is 0. The topological polar surface area (TPSA) is 17.8 Å². The Morgan fingerprint density at radius 1 is 1.43 bits per heavy atom. The van der Waals surface area contributed by atoms with Crippen LogP contribution >= 0.6 is 23.4 Å². The molecule has 0 bridgehead atoms. The van der Waals surface area contributed by atoms with Gasteiger partial charge in [0, 0.05) is 11.3 Å². The number of para-hydroxylation sites is 1. The molecule has 1 heterocycles. The van der Waals surface area contributed by atoms with Crippen LogP contribution < -0.4 is 0 Å². The zero-order valence-corrected chi connectivity index (χ0v) is 14.0. The van der Waals surface area contributed by atoms with Crippen LogP contribution in [-0.4, -0.2) is 20.6 Å². The molecule has 114 valence electrons. The number of benzene rings is 1. The zero-order chi connectivity index (χ0) is 15.0. The summed E-state index contributed by atoms with van der Waals surface area (Å²) >= 11 is 8.22. The van der Waals surface area contributed by atoms with E-state index in [1.165, 1.54) is 31.7 Å². The van der Waals surface area contributed by atoms with Crippen LogP contribution in [0.25, 0.3) is 11.0 Å². The number of nitrogens with zero attached hydrogens (tertiary/aromatic N) is 2. The molecule has 2 nitrogen and oxygen atoms in total. The van der Waals surface area contributed by atoms with E-state index in [9.17, 15) is 4.39 Å². The summed E-state index contributed by atoms with van der Waals surface area (Å²) in [5, 5.41) is -0.225. The second-order valence-corrected chi connectivity index (χ2v) is 7.80. The molecule has 1 aliphatic rings. The first-order chi connectivity index (χ1) is 10.1. The first-order valence-electron chi connectivity index (χ1n) is 7.40. The Kier molecular flexibility index (Phi) is 4.19. The summed E-state index contributed by atoms with van der Waals surface area (Å²) in [5.74, 6) is 0.506. The van der Waals surface area contributed by atoms with Crippen molar-refractivity contribution >= 4 is 34.4 Å². The summed E-state index contributed by atoms with van der Waals surface area (Å²) in [6.07, 6.45) is 7.13. The lowest BCUT2D eigenvalue weighted by Gasteiger charge is -2.28. The van der Waals surface area contributed by atoms with Crippen molar-refractivity contribution in [2.45, 2.75) is 49.3 Å². The summed E-state index contributed by atoms with van der Waals surface area (Å²) in [6, 6.07) is 5.15. The van der Waals surface area contributed by atoms with Crippen LogP contribution in [0.1, 0.15) is 43.8 Å². The number of hydrogen-bond donors (Lipinski definition) is 0. The van der Waals surface area contributed by atoms with Gasteiger partial charge in [-0.15, -0.1) is 11.6 Å². The minimum absolute atomic E-state index is 0.225. The maximum absolute atomic E-state index is 14.0. The fourth-order valence-electron chi connectivity index (χ4n) is 3.33. The van der Waals surface area contributed by atoms with Gasteiger partial charge in [-0.25, -0.2) is 9.37 Å². The third kappa shape index (κ3) is 2.68. The van der Waals surface area contributed by atoms with Gasteiger partial charge in [-0.2, -0.15) is 11.8 Å². The second kappa shape index (κ2) is 5.81. The third-order valence-electron chi connectivity index (χ3n) is 4.51. The van der Waals surface area contributed by atoms with Gasteiger partial charge in [0.2, 0.25) is 0 Å². The predicted molar refractivity (Wildman–Crippen MR) is 88.7 cm³/mol. The summed E-state index contributed by atoms with van der Waals surface area (Å²) < 4.78 is 16.4. The van der Waals surface area contributed by atoms with Gasteiger partial charge in [0.05, 0.1) is 10.9 Å². The fourth-order valence-corrected chi connectivity index (χ4v) is 4.46. The molecular weight excluding hydrogens is 307 g/mol. The van der Waals surface area contributed by atoms with Gasteiger partial charge in [-0.05, 0) is 38.2 Å². The monoisotopic (exact) mass is 326 g/mol. The molecule has 0 aliphatic heterocycles. The Morgan fingerprint density at radius 2 is 2.14 bits per heavy atom. The van der Waals surface area contributed by atoms with Crippen LogP contribution in [-0.2, 0) is 6.54 Å². The molecule has 0 spiro atoms. The third-order valence-corrected chi connectivity index (χ3v) is 6.11. The van der Waals surface area contributed by atoms with E-state index in [2.05, 4.69) is 15.8 Å². The van der Waals surface area contributed by atoms with Crippen molar-refractivity contribution in [2.24, 2.45) is 0 Å². The molecule has 1 saturated carbocycles. The van der Waals surface area contributed by atoms with E-state index >= 15 is 0 Å². The van der Waals surface area contributed by atoms with Crippen molar-refractivity contribution < 1.29 is 4.39 Å². The molecule has 2 aromatic rings. The highest BCUT2D eigenvalue weighted by Crippen LogP contribution is 2.43. The summed E-state index contributed by atoms with van der Waals surface area (Å²) in [4.78, 5) is 4.47. The molecule has 1 fully saturated rings. The molecule has 1 aromatic carbocycles. The molecule has 1 atom stereocenters. The van der Waals surface area contributed by atoms with Crippen LogP contribution in [0.4, 0.5) is 4.39 Å². The number of thioether (sulfide) groups is 1. The lowest BCUT2D eigenvalue weighted by Crippen LogP contribution is -2.27. The molecule has 21 heavy (non-hydrogen) atoms. The highest BCUT2D eigenvalue weighted by Gasteiger charge is 2.35. The van der Waals surface area contributed by atoms with Gasteiger partial charge in [0.25, 0.3) is 0 Å². The molecule has 0 radical (unpaired) electrons. The molecule has 5 heteroatoms. The van der Waals surface area contributed by atoms with Crippen LogP contribution in [0.15, 0.2) is 18.2 Å². The predicted octanol–water partition coefficient (Wildman–Crippen LogP) is 5.15. The molecule has 0 saturated heterocycles. The van der Waals surface area contributed by atoms with Crippen LogP contribution in [0, 0.1) is 5.82 Å². The number of halogens is 2. The van der Waals surface area contributed by atoms with Gasteiger partial charge in [0.1, 0.15) is 11.3 Å². The van der Waals surface area contributed by atoms with E-state index in [0.29, 0.717) is 5.52 Å². The first kappa shape index (κ1) is 15.2. The Hall–Kier alpha value is -0.740. The number of fused-ring (bicyclic) bond motifs is 1. The quantitative estimate of drug-likeness (QED) is 0.723. The molecule has 1 unspecified atom stereocenters. The van der Waals surface area contributed by atoms with E-state index in [1.54, 1.807) is 6.07 Å². The maximum atomic E-state index is 14.0. The number of aromatic nitrogens is 2. The van der Waals surface area contributed by atoms with Crippen molar-refractivity contribution in [1.29, 1.82) is 0 Å². The molecule has 0 amide bonds. The van der Waals surface area contributed by atoms with Gasteiger partial charge in [0.15, 0.2) is 5.82 Å². The number of rotatable bonds is 4. The number of hydrogen-bond acceptors (Lipinski definition) is 2. The lowest BCUT2D eigenvalue weighted by atomic mass is 10.1. The normalized spacial score (nSPS) is 19.2. The van der Waals surface area contributed by atoms with E-state index < -0.39 is 0 Å². The average Bonchev–Trinajstić information content (AvgIpc) is 3.06. The van der Waals surface area contributed by atoms with Gasteiger partial charge in [-0.1, -0.05) is 18.9 Å². The fraction of sp³-hybridized carbons (Fsp3) is 0.562. The molecule has 1 aliphatic carbocycles. The van der Waals surface area contributed by atoms with E-state index in [0.717, 1.165) is 17.9 Å². The van der Waals surface area contributed by atoms with Crippen molar-refractivity contribution in [3.8, 4) is 0 Å². The van der Waals surface area contributed by atoms with E-state index in [4.69, 9.17) is 11.6 Å². The van der Waals surface area contributed by atoms with E-state index in [1.807, 2.05) is 24.8 Å². The Bertz CT molecular complexity index is 647. The largest absolute Gasteiger partial charge is 0.325 e. The van der Waals surface area contributed by atoms with Gasteiger partial charge in [-0.3, -0.25) is 0 Å². The van der Waals surface area contributed by atoms with Crippen molar-refractivity contribution in [3.05, 3.63) is 29.8 Å². The lowest BCUT2D eigenvalue weighted by molar-refractivity contribution is 0.501. The van der Waals surface area contributed by atoms with Crippen molar-refractivity contribution in [1.82, 2.24) is 9.55 Å². The maximum Gasteiger partial charge on any atom is 0.151 e. The molecule has 3 rings (SSSR count). The second-order valence-electron chi connectivity index (χ2n) is 5.87. The van der Waals surface area contributed by atoms with Gasteiger partial charge >= 0.3 is 0 Å². The molecule has 1 aromatic heterocycles. The van der Waals surface area contributed by atoms with Crippen molar-refractivity contribution in [3.63, 3.8) is 0 Å². The Morgan fingerprint density at radius 3 is 2.76 bits per heavy atom. The van der Waals surface area contributed by atoms with E-state index in [-0.39, 0.29) is 15.9 Å². The highest BCUT2D eigenvalue weighted by molar-refractivity contribution is 8.00. The average molecular weight is 327 g/mol. The summed E-state index contributed by atoms with van der Waals surface area (Å²) in [5.41, 5.74) is 1.30. The molecular formula is C16H20ClFN2S. The van der Waals surface area contributed by atoms with Gasteiger partial charge < -0.3 is 4.57 Å². The number of imidazole rings is 1. The zero-order valence-electron chi connectivity index (χ0n) is 12.4. The Balaban J connectivity index is 2.11. The minimum atomic E-state index is -0.269. The SMILES string of the molecule is CSC1(Cn2c(C(C)Cl)nc3c(F)cccc32)CCCC1. The van der Waals surface area contributed by atoms with Crippen LogP contribution in [0.3, 0.4) is 0 Å². The standard InChI is InChI=1S/C16H20ClFN2S/c1-11(17)15-19-14-12(18)6-5-7-13(14)20(15)10-16(21-2)8-3-4-9-16/h5-7,11H,3-4,8-10H2,1-2H3. The number of alkyl halides is 1. The summed E-state index contributed by atoms with van der Waals surface area (Å²) in [6.45, 7) is 2.76. The van der Waals surface area contributed by atoms with Crippen LogP contribution in [0.5, 0.6) is 0 Å². The van der Waals surface area contributed by atoms with Crippen LogP contribution in [0.2, 0.25) is 0 Å².